The summed E-state index contributed by atoms with van der Waals surface area (Å²) in [5.74, 6) is -2.20. The summed E-state index contributed by atoms with van der Waals surface area (Å²) in [6.07, 6.45) is -0.680. The Labute approximate surface area is 211 Å². The summed E-state index contributed by atoms with van der Waals surface area (Å²) in [6, 6.07) is 21.0. The van der Waals surface area contributed by atoms with Gasteiger partial charge in [-0.1, -0.05) is 71.4 Å². The number of amides is 2. The summed E-state index contributed by atoms with van der Waals surface area (Å²) in [4.78, 5) is 38.2. The number of aliphatic carboxylic acids is 1. The molecule has 0 aliphatic heterocycles. The first-order chi connectivity index (χ1) is 16.8. The average molecular weight is 537 g/mol. The second-order valence-electron chi connectivity index (χ2n) is 8.57. The zero-order chi connectivity index (χ0) is 25.1. The van der Waals surface area contributed by atoms with Crippen molar-refractivity contribution in [3.63, 3.8) is 0 Å². The van der Waals surface area contributed by atoms with Crippen molar-refractivity contribution in [3.05, 3.63) is 87.9 Å². The third kappa shape index (κ3) is 5.22. The molecule has 3 aromatic carbocycles. The van der Waals surface area contributed by atoms with Crippen LogP contribution < -0.4 is 5.32 Å². The lowest BCUT2D eigenvalue weighted by Crippen LogP contribution is -2.34. The monoisotopic (exact) mass is 536 g/mol. The topological polar surface area (TPSA) is 95.9 Å². The standard InChI is InChI=1S/C27H25BrN2O5/c1-16(26(32)33)14-30(2)25(31)22-12-11-17(28)13-24(22)29-27(34)35-15-23-20-9-5-3-7-18(20)19-8-4-6-10-21(19)23/h3-13,16,23H,14-15H2,1-2H3,(H,29,34)(H,32,33). The fourth-order valence-electron chi connectivity index (χ4n) is 4.33. The van der Waals surface area contributed by atoms with E-state index in [2.05, 4.69) is 33.4 Å². The maximum Gasteiger partial charge on any atom is 0.411 e. The van der Waals surface area contributed by atoms with E-state index in [0.717, 1.165) is 22.3 Å². The van der Waals surface area contributed by atoms with Crippen molar-refractivity contribution >= 4 is 39.6 Å². The lowest BCUT2D eigenvalue weighted by molar-refractivity contribution is -0.141. The fourth-order valence-corrected chi connectivity index (χ4v) is 4.69. The molecule has 35 heavy (non-hydrogen) atoms. The molecule has 1 unspecified atom stereocenters. The van der Waals surface area contributed by atoms with Crippen LogP contribution in [0.3, 0.4) is 0 Å². The van der Waals surface area contributed by atoms with Crippen LogP contribution >= 0.6 is 15.9 Å². The van der Waals surface area contributed by atoms with E-state index in [4.69, 9.17) is 9.84 Å². The highest BCUT2D eigenvalue weighted by atomic mass is 79.9. The molecule has 0 radical (unpaired) electrons. The van der Waals surface area contributed by atoms with Crippen molar-refractivity contribution in [1.29, 1.82) is 0 Å². The average Bonchev–Trinajstić information content (AvgIpc) is 3.16. The number of carboxylic acids is 1. The van der Waals surface area contributed by atoms with Crippen LogP contribution in [0.1, 0.15) is 34.3 Å². The maximum absolute atomic E-state index is 13.0. The second kappa shape index (κ2) is 10.3. The van der Waals surface area contributed by atoms with Crippen molar-refractivity contribution in [2.45, 2.75) is 12.8 Å². The van der Waals surface area contributed by atoms with Gasteiger partial charge < -0.3 is 14.7 Å². The molecular formula is C27H25BrN2O5. The largest absolute Gasteiger partial charge is 0.481 e. The van der Waals surface area contributed by atoms with Gasteiger partial charge in [0.25, 0.3) is 5.91 Å². The number of hydrogen-bond acceptors (Lipinski definition) is 4. The van der Waals surface area contributed by atoms with Crippen LogP contribution in [-0.2, 0) is 9.53 Å². The van der Waals surface area contributed by atoms with Gasteiger partial charge in [0.05, 0.1) is 17.2 Å². The Morgan fingerprint density at radius 3 is 2.23 bits per heavy atom. The summed E-state index contributed by atoms with van der Waals surface area (Å²) in [7, 11) is 1.53. The number of benzene rings is 3. The summed E-state index contributed by atoms with van der Waals surface area (Å²) in [5, 5.41) is 11.8. The molecule has 3 aromatic rings. The first-order valence-corrected chi connectivity index (χ1v) is 12.0. The molecule has 180 valence electrons. The van der Waals surface area contributed by atoms with E-state index in [1.54, 1.807) is 18.2 Å². The van der Waals surface area contributed by atoms with Crippen LogP contribution in [-0.4, -0.2) is 48.2 Å². The van der Waals surface area contributed by atoms with E-state index < -0.39 is 23.9 Å². The third-order valence-corrected chi connectivity index (χ3v) is 6.60. The molecule has 4 rings (SSSR count). The Bertz CT molecular complexity index is 1250. The van der Waals surface area contributed by atoms with E-state index in [9.17, 15) is 14.4 Å². The number of carboxylic acid groups (broad SMARTS) is 1. The summed E-state index contributed by atoms with van der Waals surface area (Å²) >= 11 is 3.37. The van der Waals surface area contributed by atoms with E-state index in [0.29, 0.717) is 4.47 Å². The van der Waals surface area contributed by atoms with Crippen LogP contribution in [0.15, 0.2) is 71.2 Å². The third-order valence-electron chi connectivity index (χ3n) is 6.11. The molecule has 1 aliphatic carbocycles. The molecule has 7 nitrogen and oxygen atoms in total. The van der Waals surface area contributed by atoms with Gasteiger partial charge in [-0.15, -0.1) is 0 Å². The first kappa shape index (κ1) is 24.5. The molecule has 0 bridgehead atoms. The van der Waals surface area contributed by atoms with Crippen molar-refractivity contribution in [1.82, 2.24) is 4.90 Å². The predicted octanol–water partition coefficient (Wildman–Crippen LogP) is 5.60. The number of carbonyl (C=O) groups excluding carboxylic acids is 2. The number of ether oxygens (including phenoxy) is 1. The van der Waals surface area contributed by atoms with Crippen LogP contribution in [0.5, 0.6) is 0 Å². The summed E-state index contributed by atoms with van der Waals surface area (Å²) in [6.45, 7) is 1.71. The second-order valence-corrected chi connectivity index (χ2v) is 9.48. The van der Waals surface area contributed by atoms with Crippen LogP contribution in [0.2, 0.25) is 0 Å². The Kier molecular flexibility index (Phi) is 7.21. The van der Waals surface area contributed by atoms with Gasteiger partial charge >= 0.3 is 12.1 Å². The Hall–Kier alpha value is -3.65. The van der Waals surface area contributed by atoms with Gasteiger partial charge in [-0.05, 0) is 40.5 Å². The normalized spacial score (nSPS) is 12.9. The van der Waals surface area contributed by atoms with Crippen molar-refractivity contribution in [2.75, 3.05) is 25.5 Å². The number of carbonyl (C=O) groups is 3. The number of rotatable bonds is 7. The molecule has 0 aromatic heterocycles. The Morgan fingerprint density at radius 2 is 1.63 bits per heavy atom. The quantitative estimate of drug-likeness (QED) is 0.409. The number of nitrogens with one attached hydrogen (secondary N) is 1. The first-order valence-electron chi connectivity index (χ1n) is 11.2. The summed E-state index contributed by atoms with van der Waals surface area (Å²) in [5.41, 5.74) is 4.99. The molecule has 0 saturated carbocycles. The highest BCUT2D eigenvalue weighted by Crippen LogP contribution is 2.44. The number of halogens is 1. The molecule has 0 fully saturated rings. The highest BCUT2D eigenvalue weighted by Gasteiger charge is 2.29. The Balaban J connectivity index is 1.48. The van der Waals surface area contributed by atoms with Gasteiger partial charge in [-0.3, -0.25) is 14.9 Å². The minimum absolute atomic E-state index is 0.0363. The molecule has 1 aliphatic rings. The molecule has 2 N–H and O–H groups in total. The maximum atomic E-state index is 13.0. The van der Waals surface area contributed by atoms with Gasteiger partial charge in [0, 0.05) is 24.0 Å². The molecule has 0 spiro atoms. The Morgan fingerprint density at radius 1 is 1.03 bits per heavy atom. The summed E-state index contributed by atoms with van der Waals surface area (Å²) < 4.78 is 6.28. The lowest BCUT2D eigenvalue weighted by Gasteiger charge is -2.21. The van der Waals surface area contributed by atoms with E-state index in [1.165, 1.54) is 18.9 Å². The van der Waals surface area contributed by atoms with Crippen molar-refractivity contribution < 1.29 is 24.2 Å². The van der Waals surface area contributed by atoms with E-state index in [-0.39, 0.29) is 30.3 Å². The molecule has 0 heterocycles. The number of nitrogens with zero attached hydrogens (tertiary/aromatic N) is 1. The number of fused-ring (bicyclic) bond motifs is 3. The van der Waals surface area contributed by atoms with Gasteiger partial charge in [0.2, 0.25) is 0 Å². The van der Waals surface area contributed by atoms with Crippen molar-refractivity contribution in [2.24, 2.45) is 5.92 Å². The van der Waals surface area contributed by atoms with E-state index >= 15 is 0 Å². The van der Waals surface area contributed by atoms with E-state index in [1.807, 2.05) is 36.4 Å². The van der Waals surface area contributed by atoms with Gasteiger partial charge in [-0.25, -0.2) is 4.79 Å². The molecule has 1 atom stereocenters. The van der Waals surface area contributed by atoms with Gasteiger partial charge in [0.1, 0.15) is 6.61 Å². The minimum Gasteiger partial charge on any atom is -0.481 e. The SMILES string of the molecule is CC(CN(C)C(=O)c1ccc(Br)cc1NC(=O)OCC1c2ccccc2-c2ccccc21)C(=O)O. The van der Waals surface area contributed by atoms with Crippen LogP contribution in [0.4, 0.5) is 10.5 Å². The smallest absolute Gasteiger partial charge is 0.411 e. The van der Waals surface area contributed by atoms with Crippen LogP contribution in [0.25, 0.3) is 11.1 Å². The number of anilines is 1. The highest BCUT2D eigenvalue weighted by molar-refractivity contribution is 9.10. The van der Waals surface area contributed by atoms with Gasteiger partial charge in [0.15, 0.2) is 0 Å². The molecular weight excluding hydrogens is 512 g/mol. The fraction of sp³-hybridized carbons (Fsp3) is 0.222. The number of hydrogen-bond donors (Lipinski definition) is 2. The zero-order valence-electron chi connectivity index (χ0n) is 19.3. The van der Waals surface area contributed by atoms with Crippen LogP contribution in [0, 0.1) is 5.92 Å². The van der Waals surface area contributed by atoms with Crippen molar-refractivity contribution in [3.8, 4) is 11.1 Å². The minimum atomic E-state index is -0.988. The predicted molar refractivity (Wildman–Crippen MR) is 137 cm³/mol. The van der Waals surface area contributed by atoms with Gasteiger partial charge in [-0.2, -0.15) is 0 Å². The molecule has 8 heteroatoms. The molecule has 0 saturated heterocycles. The zero-order valence-corrected chi connectivity index (χ0v) is 20.9. The molecule has 2 amide bonds. The lowest BCUT2D eigenvalue weighted by atomic mass is 9.98.